The maximum atomic E-state index is 13.6. The van der Waals surface area contributed by atoms with Crippen LogP contribution in [0.1, 0.15) is 11.1 Å². The van der Waals surface area contributed by atoms with Gasteiger partial charge in [0.25, 0.3) is 0 Å². The quantitative estimate of drug-likeness (QED) is 0.644. The summed E-state index contributed by atoms with van der Waals surface area (Å²) in [7, 11) is 1.65. The second-order valence-corrected chi connectivity index (χ2v) is 5.70. The minimum absolute atomic E-state index is 0.192. The molecule has 0 unspecified atom stereocenters. The van der Waals surface area contributed by atoms with E-state index in [4.69, 9.17) is 4.74 Å². The zero-order valence-electron chi connectivity index (χ0n) is 14.6. The van der Waals surface area contributed by atoms with Gasteiger partial charge in [0.15, 0.2) is 0 Å². The molecular formula is C20H21FN4O. The Bertz CT molecular complexity index is 856. The van der Waals surface area contributed by atoms with Gasteiger partial charge in [-0.15, -0.1) is 0 Å². The van der Waals surface area contributed by atoms with E-state index in [0.29, 0.717) is 36.8 Å². The van der Waals surface area contributed by atoms with Gasteiger partial charge in [-0.25, -0.2) is 9.37 Å². The highest BCUT2D eigenvalue weighted by atomic mass is 19.1. The van der Waals surface area contributed by atoms with E-state index in [0.717, 1.165) is 11.3 Å². The summed E-state index contributed by atoms with van der Waals surface area (Å²) in [6, 6.07) is 16.4. The number of benzene rings is 2. The standard InChI is InChI=1S/C20H21FN4O/c1-26-18-9-5-3-7-16(18)14-24-19-11-13-23-20(25-19)22-12-10-15-6-2-4-8-17(15)21/h2-9,11,13H,10,12,14H2,1H3,(H2,22,23,24,25). The number of ether oxygens (including phenoxy) is 1. The molecule has 1 aromatic heterocycles. The SMILES string of the molecule is COc1ccccc1CNc1ccnc(NCCc2ccccc2F)n1. The maximum Gasteiger partial charge on any atom is 0.224 e. The van der Waals surface area contributed by atoms with Gasteiger partial charge in [-0.05, 0) is 30.2 Å². The molecule has 3 aromatic rings. The van der Waals surface area contributed by atoms with E-state index in [1.807, 2.05) is 30.3 Å². The summed E-state index contributed by atoms with van der Waals surface area (Å²) >= 11 is 0. The molecule has 5 nitrogen and oxygen atoms in total. The Morgan fingerprint density at radius 3 is 2.54 bits per heavy atom. The Morgan fingerprint density at radius 1 is 0.962 bits per heavy atom. The fourth-order valence-electron chi connectivity index (χ4n) is 2.59. The van der Waals surface area contributed by atoms with Gasteiger partial charge in [-0.2, -0.15) is 4.98 Å². The molecule has 0 amide bonds. The Kier molecular flexibility index (Phi) is 5.98. The van der Waals surface area contributed by atoms with Gasteiger partial charge in [0.1, 0.15) is 17.4 Å². The van der Waals surface area contributed by atoms with Gasteiger partial charge in [-0.3, -0.25) is 0 Å². The van der Waals surface area contributed by atoms with Crippen LogP contribution in [-0.2, 0) is 13.0 Å². The first-order valence-electron chi connectivity index (χ1n) is 8.42. The zero-order valence-corrected chi connectivity index (χ0v) is 14.6. The van der Waals surface area contributed by atoms with E-state index < -0.39 is 0 Å². The van der Waals surface area contributed by atoms with Gasteiger partial charge in [0.2, 0.25) is 5.95 Å². The van der Waals surface area contributed by atoms with Crippen LogP contribution in [0.5, 0.6) is 5.75 Å². The molecule has 0 aliphatic rings. The summed E-state index contributed by atoms with van der Waals surface area (Å²) in [5.41, 5.74) is 1.72. The molecule has 0 atom stereocenters. The monoisotopic (exact) mass is 352 g/mol. The Morgan fingerprint density at radius 2 is 1.73 bits per heavy atom. The molecule has 134 valence electrons. The number of hydrogen-bond acceptors (Lipinski definition) is 5. The molecule has 0 aliphatic carbocycles. The minimum atomic E-state index is -0.192. The van der Waals surface area contributed by atoms with Crippen molar-refractivity contribution < 1.29 is 9.13 Å². The molecule has 0 bridgehead atoms. The molecule has 0 radical (unpaired) electrons. The average Bonchev–Trinajstić information content (AvgIpc) is 2.68. The normalized spacial score (nSPS) is 10.4. The smallest absolute Gasteiger partial charge is 0.224 e. The van der Waals surface area contributed by atoms with Crippen molar-refractivity contribution in [1.29, 1.82) is 0 Å². The van der Waals surface area contributed by atoms with Gasteiger partial charge in [0.05, 0.1) is 7.11 Å². The first-order chi connectivity index (χ1) is 12.8. The third-order valence-electron chi connectivity index (χ3n) is 3.94. The van der Waals surface area contributed by atoms with Crippen molar-refractivity contribution in [3.8, 4) is 5.75 Å². The second-order valence-electron chi connectivity index (χ2n) is 5.70. The Balaban J connectivity index is 1.55. The number of halogens is 1. The first kappa shape index (κ1) is 17.7. The van der Waals surface area contributed by atoms with Crippen LogP contribution < -0.4 is 15.4 Å². The number of nitrogens with zero attached hydrogens (tertiary/aromatic N) is 2. The molecule has 1 heterocycles. The number of anilines is 2. The van der Waals surface area contributed by atoms with Crippen LogP contribution >= 0.6 is 0 Å². The van der Waals surface area contributed by atoms with Gasteiger partial charge >= 0.3 is 0 Å². The van der Waals surface area contributed by atoms with Crippen molar-refractivity contribution in [1.82, 2.24) is 9.97 Å². The van der Waals surface area contributed by atoms with Gasteiger partial charge in [-0.1, -0.05) is 36.4 Å². The zero-order chi connectivity index (χ0) is 18.2. The minimum Gasteiger partial charge on any atom is -0.496 e. The molecule has 2 N–H and O–H groups in total. The molecule has 6 heteroatoms. The van der Waals surface area contributed by atoms with Crippen molar-refractivity contribution in [2.75, 3.05) is 24.3 Å². The van der Waals surface area contributed by atoms with Crippen molar-refractivity contribution in [3.63, 3.8) is 0 Å². The molecule has 0 aliphatic heterocycles. The van der Waals surface area contributed by atoms with E-state index in [1.165, 1.54) is 6.07 Å². The number of nitrogens with one attached hydrogen (secondary N) is 2. The molecule has 0 fully saturated rings. The van der Waals surface area contributed by atoms with Crippen LogP contribution in [0.25, 0.3) is 0 Å². The number of rotatable bonds is 8. The number of methoxy groups -OCH3 is 1. The molecular weight excluding hydrogens is 331 g/mol. The molecule has 3 rings (SSSR count). The van der Waals surface area contributed by atoms with Crippen LogP contribution in [0.2, 0.25) is 0 Å². The van der Waals surface area contributed by atoms with E-state index >= 15 is 0 Å². The fourth-order valence-corrected chi connectivity index (χ4v) is 2.59. The lowest BCUT2D eigenvalue weighted by Crippen LogP contribution is -2.10. The van der Waals surface area contributed by atoms with E-state index in [-0.39, 0.29) is 5.82 Å². The van der Waals surface area contributed by atoms with Crippen LogP contribution in [0.3, 0.4) is 0 Å². The summed E-state index contributed by atoms with van der Waals surface area (Å²) in [5, 5.41) is 6.39. The average molecular weight is 352 g/mol. The highest BCUT2D eigenvalue weighted by Gasteiger charge is 2.04. The number of aromatic nitrogens is 2. The van der Waals surface area contributed by atoms with E-state index in [9.17, 15) is 4.39 Å². The Labute approximate surface area is 152 Å². The lowest BCUT2D eigenvalue weighted by molar-refractivity contribution is 0.410. The van der Waals surface area contributed by atoms with Crippen molar-refractivity contribution >= 4 is 11.8 Å². The van der Waals surface area contributed by atoms with Crippen LogP contribution in [0.4, 0.5) is 16.2 Å². The summed E-state index contributed by atoms with van der Waals surface area (Å²) in [6.07, 6.45) is 2.25. The summed E-state index contributed by atoms with van der Waals surface area (Å²) in [6.45, 7) is 1.15. The summed E-state index contributed by atoms with van der Waals surface area (Å²) < 4.78 is 19.0. The van der Waals surface area contributed by atoms with Crippen molar-refractivity contribution in [2.45, 2.75) is 13.0 Å². The highest BCUT2D eigenvalue weighted by molar-refractivity contribution is 5.42. The van der Waals surface area contributed by atoms with Crippen LogP contribution in [-0.4, -0.2) is 23.6 Å². The van der Waals surface area contributed by atoms with Crippen molar-refractivity contribution in [2.24, 2.45) is 0 Å². The predicted molar refractivity (Wildman–Crippen MR) is 101 cm³/mol. The molecule has 0 saturated carbocycles. The highest BCUT2D eigenvalue weighted by Crippen LogP contribution is 2.18. The number of para-hydroxylation sites is 1. The number of hydrogen-bond donors (Lipinski definition) is 2. The van der Waals surface area contributed by atoms with E-state index in [1.54, 1.807) is 31.5 Å². The predicted octanol–water partition coefficient (Wildman–Crippen LogP) is 3.89. The lowest BCUT2D eigenvalue weighted by atomic mass is 10.1. The molecule has 0 spiro atoms. The Hall–Kier alpha value is -3.15. The van der Waals surface area contributed by atoms with E-state index in [2.05, 4.69) is 20.6 Å². The van der Waals surface area contributed by atoms with Crippen molar-refractivity contribution in [3.05, 3.63) is 77.7 Å². The molecule has 0 saturated heterocycles. The largest absolute Gasteiger partial charge is 0.496 e. The topological polar surface area (TPSA) is 59.1 Å². The first-order valence-corrected chi connectivity index (χ1v) is 8.42. The third-order valence-corrected chi connectivity index (χ3v) is 3.94. The fraction of sp³-hybridized carbons (Fsp3) is 0.200. The van der Waals surface area contributed by atoms with Crippen LogP contribution in [0, 0.1) is 5.82 Å². The second kappa shape index (κ2) is 8.80. The van der Waals surface area contributed by atoms with Gasteiger partial charge in [0, 0.05) is 24.8 Å². The molecule has 2 aromatic carbocycles. The summed E-state index contributed by atoms with van der Waals surface area (Å²) in [4.78, 5) is 8.63. The maximum absolute atomic E-state index is 13.6. The van der Waals surface area contributed by atoms with Gasteiger partial charge < -0.3 is 15.4 Å². The van der Waals surface area contributed by atoms with Crippen LogP contribution in [0.15, 0.2) is 60.8 Å². The summed E-state index contributed by atoms with van der Waals surface area (Å²) in [5.74, 6) is 1.85. The third kappa shape index (κ3) is 4.69. The molecule has 26 heavy (non-hydrogen) atoms. The lowest BCUT2D eigenvalue weighted by Gasteiger charge is -2.11.